The molecular weight excluding hydrogens is 332 g/mol. The van der Waals surface area contributed by atoms with Gasteiger partial charge in [0.05, 0.1) is 18.2 Å². The predicted molar refractivity (Wildman–Crippen MR) is 97.2 cm³/mol. The van der Waals surface area contributed by atoms with Gasteiger partial charge in [0, 0.05) is 24.8 Å². The summed E-state index contributed by atoms with van der Waals surface area (Å²) in [4.78, 5) is 32.8. The minimum atomic E-state index is -0.260. The van der Waals surface area contributed by atoms with Gasteiger partial charge in [0.15, 0.2) is 0 Å². The van der Waals surface area contributed by atoms with Crippen molar-refractivity contribution in [3.8, 4) is 0 Å². The molecule has 3 aliphatic heterocycles. The lowest BCUT2D eigenvalue weighted by molar-refractivity contribution is 0.0779. The molecule has 4 heterocycles. The number of anilines is 1. The number of hydrogen-bond acceptors (Lipinski definition) is 5. The highest BCUT2D eigenvalue weighted by Gasteiger charge is 2.36. The average molecular weight is 358 g/mol. The Morgan fingerprint density at radius 3 is 3.00 bits per heavy atom. The number of carbonyl (C=O) groups excluding carboxylic acids is 2. The van der Waals surface area contributed by atoms with Crippen LogP contribution in [-0.2, 0) is 11.2 Å². The molecule has 7 heteroatoms. The minimum absolute atomic E-state index is 0.00104. The number of likely N-dealkylation sites (tertiary alicyclic amines) is 1. The van der Waals surface area contributed by atoms with Crippen molar-refractivity contribution in [2.24, 2.45) is 0 Å². The molecule has 0 saturated carbocycles. The van der Waals surface area contributed by atoms with Gasteiger partial charge in [0.25, 0.3) is 5.91 Å². The van der Waals surface area contributed by atoms with Gasteiger partial charge in [-0.25, -0.2) is 9.78 Å². The number of aromatic nitrogens is 1. The molecule has 0 unspecified atom stereocenters. The molecule has 26 heavy (non-hydrogen) atoms. The van der Waals surface area contributed by atoms with Gasteiger partial charge in [0.2, 0.25) is 0 Å². The molecule has 3 aliphatic rings. The van der Waals surface area contributed by atoms with Gasteiger partial charge in [-0.1, -0.05) is 0 Å². The van der Waals surface area contributed by atoms with Gasteiger partial charge in [0.1, 0.15) is 12.4 Å². The summed E-state index contributed by atoms with van der Waals surface area (Å²) >= 11 is 0. The lowest BCUT2D eigenvalue weighted by Crippen LogP contribution is -2.39. The van der Waals surface area contributed by atoms with Crippen molar-refractivity contribution >= 4 is 17.8 Å². The molecule has 1 aromatic heterocycles. The molecule has 1 atom stereocenters. The van der Waals surface area contributed by atoms with E-state index in [0.717, 1.165) is 37.1 Å². The highest BCUT2D eigenvalue weighted by molar-refractivity contribution is 5.94. The number of ether oxygens (including phenoxy) is 1. The zero-order valence-electron chi connectivity index (χ0n) is 15.5. The van der Waals surface area contributed by atoms with Crippen LogP contribution in [0.1, 0.15) is 49.0 Å². The van der Waals surface area contributed by atoms with E-state index in [-0.39, 0.29) is 23.6 Å². The number of amides is 2. The molecule has 2 amide bonds. The monoisotopic (exact) mass is 358 g/mol. The SMILES string of the molecule is CC1(C)CCCc2cc(C(=O)N3CC[C@H](N4CCOC4=O)C3)cnc2N1. The summed E-state index contributed by atoms with van der Waals surface area (Å²) in [5.74, 6) is 0.891. The van der Waals surface area contributed by atoms with E-state index >= 15 is 0 Å². The van der Waals surface area contributed by atoms with E-state index in [1.165, 1.54) is 0 Å². The Morgan fingerprint density at radius 1 is 1.38 bits per heavy atom. The summed E-state index contributed by atoms with van der Waals surface area (Å²) in [6.07, 6.45) is 5.30. The first kappa shape index (κ1) is 17.1. The largest absolute Gasteiger partial charge is 0.448 e. The van der Waals surface area contributed by atoms with Crippen molar-refractivity contribution in [1.82, 2.24) is 14.8 Å². The summed E-state index contributed by atoms with van der Waals surface area (Å²) in [6, 6.07) is 2.04. The van der Waals surface area contributed by atoms with E-state index < -0.39 is 0 Å². The molecule has 140 valence electrons. The van der Waals surface area contributed by atoms with Gasteiger partial charge in [-0.2, -0.15) is 0 Å². The number of rotatable bonds is 2. The summed E-state index contributed by atoms with van der Waals surface area (Å²) in [7, 11) is 0. The van der Waals surface area contributed by atoms with Crippen LogP contribution in [0.2, 0.25) is 0 Å². The Labute approximate surface area is 153 Å². The van der Waals surface area contributed by atoms with Crippen LogP contribution < -0.4 is 5.32 Å². The highest BCUT2D eigenvalue weighted by atomic mass is 16.6. The smallest absolute Gasteiger partial charge is 0.410 e. The first-order chi connectivity index (χ1) is 12.4. The van der Waals surface area contributed by atoms with Crippen LogP contribution in [0.25, 0.3) is 0 Å². The molecule has 0 aromatic carbocycles. The molecule has 1 N–H and O–H groups in total. The topological polar surface area (TPSA) is 74.8 Å². The number of nitrogens with zero attached hydrogens (tertiary/aromatic N) is 3. The number of cyclic esters (lactones) is 1. The van der Waals surface area contributed by atoms with Gasteiger partial charge < -0.3 is 15.0 Å². The fourth-order valence-corrected chi connectivity index (χ4v) is 4.13. The van der Waals surface area contributed by atoms with Crippen LogP contribution in [0.3, 0.4) is 0 Å². The Kier molecular flexibility index (Phi) is 4.25. The maximum Gasteiger partial charge on any atom is 0.410 e. The summed E-state index contributed by atoms with van der Waals surface area (Å²) in [5.41, 5.74) is 1.77. The third-order valence-corrected chi connectivity index (χ3v) is 5.60. The maximum atomic E-state index is 12.9. The zero-order valence-corrected chi connectivity index (χ0v) is 15.5. The van der Waals surface area contributed by atoms with Crippen LogP contribution in [0.5, 0.6) is 0 Å². The minimum Gasteiger partial charge on any atom is -0.448 e. The standard InChI is InChI=1S/C19H26N4O3/c1-19(2)6-3-4-13-10-14(11-20-16(13)21-19)17(24)22-7-5-15(12-22)23-8-9-26-18(23)25/h10-11,15H,3-9,12H2,1-2H3,(H,20,21)/t15-/m0/s1. The number of hydrogen-bond donors (Lipinski definition) is 1. The van der Waals surface area contributed by atoms with E-state index in [4.69, 9.17) is 4.74 Å². The Balaban J connectivity index is 1.47. The first-order valence-corrected chi connectivity index (χ1v) is 9.43. The molecule has 1 aromatic rings. The number of pyridine rings is 1. The lowest BCUT2D eigenvalue weighted by atomic mass is 9.98. The quantitative estimate of drug-likeness (QED) is 0.878. The van der Waals surface area contributed by atoms with Crippen molar-refractivity contribution in [2.75, 3.05) is 31.6 Å². The van der Waals surface area contributed by atoms with E-state index in [1.807, 2.05) is 11.0 Å². The van der Waals surface area contributed by atoms with Crippen LogP contribution in [0, 0.1) is 0 Å². The second kappa shape index (κ2) is 6.45. The maximum absolute atomic E-state index is 12.9. The van der Waals surface area contributed by atoms with E-state index in [2.05, 4.69) is 24.1 Å². The highest BCUT2D eigenvalue weighted by Crippen LogP contribution is 2.29. The second-order valence-electron chi connectivity index (χ2n) is 8.10. The number of carbonyl (C=O) groups is 2. The summed E-state index contributed by atoms with van der Waals surface area (Å²) in [6.45, 7) is 6.65. The van der Waals surface area contributed by atoms with E-state index in [1.54, 1.807) is 11.1 Å². The van der Waals surface area contributed by atoms with Gasteiger partial charge in [-0.3, -0.25) is 9.69 Å². The third-order valence-electron chi connectivity index (χ3n) is 5.60. The van der Waals surface area contributed by atoms with Gasteiger partial charge in [-0.15, -0.1) is 0 Å². The number of fused-ring (bicyclic) bond motifs is 1. The molecule has 0 radical (unpaired) electrons. The molecule has 2 saturated heterocycles. The molecule has 4 rings (SSSR count). The zero-order chi connectivity index (χ0) is 18.3. The molecular formula is C19H26N4O3. The number of nitrogens with one attached hydrogen (secondary N) is 1. The van der Waals surface area contributed by atoms with E-state index in [0.29, 0.717) is 31.8 Å². The van der Waals surface area contributed by atoms with Crippen LogP contribution in [-0.4, -0.2) is 64.6 Å². The Hall–Kier alpha value is -2.31. The van der Waals surface area contributed by atoms with Crippen molar-refractivity contribution in [3.05, 3.63) is 23.4 Å². The van der Waals surface area contributed by atoms with Crippen LogP contribution >= 0.6 is 0 Å². The third kappa shape index (κ3) is 3.22. The van der Waals surface area contributed by atoms with Crippen molar-refractivity contribution in [2.45, 2.75) is 51.1 Å². The Morgan fingerprint density at radius 2 is 2.23 bits per heavy atom. The van der Waals surface area contributed by atoms with Crippen molar-refractivity contribution < 1.29 is 14.3 Å². The Bertz CT molecular complexity index is 733. The second-order valence-corrected chi connectivity index (χ2v) is 8.10. The average Bonchev–Trinajstić information content (AvgIpc) is 3.20. The molecule has 0 bridgehead atoms. The van der Waals surface area contributed by atoms with Crippen LogP contribution in [0.4, 0.5) is 10.6 Å². The van der Waals surface area contributed by atoms with Crippen molar-refractivity contribution in [1.29, 1.82) is 0 Å². The first-order valence-electron chi connectivity index (χ1n) is 9.43. The van der Waals surface area contributed by atoms with Crippen LogP contribution in [0.15, 0.2) is 12.3 Å². The van der Waals surface area contributed by atoms with E-state index in [9.17, 15) is 9.59 Å². The summed E-state index contributed by atoms with van der Waals surface area (Å²) in [5, 5.41) is 3.49. The summed E-state index contributed by atoms with van der Waals surface area (Å²) < 4.78 is 5.02. The molecule has 2 fully saturated rings. The number of aryl methyl sites for hydroxylation is 1. The van der Waals surface area contributed by atoms with Crippen molar-refractivity contribution in [3.63, 3.8) is 0 Å². The fraction of sp³-hybridized carbons (Fsp3) is 0.632. The predicted octanol–water partition coefficient (Wildman–Crippen LogP) is 2.28. The normalized spacial score (nSPS) is 24.7. The van der Waals surface area contributed by atoms with Gasteiger partial charge in [-0.05, 0) is 51.2 Å². The molecule has 0 spiro atoms. The molecule has 7 nitrogen and oxygen atoms in total. The lowest BCUT2D eigenvalue weighted by Gasteiger charge is -2.25. The van der Waals surface area contributed by atoms with Gasteiger partial charge >= 0.3 is 6.09 Å². The molecule has 0 aliphatic carbocycles. The fourth-order valence-electron chi connectivity index (χ4n) is 4.13.